The molecule has 0 radical (unpaired) electrons. The van der Waals surface area contributed by atoms with Crippen LogP contribution in [-0.2, 0) is 19.1 Å². The summed E-state index contributed by atoms with van der Waals surface area (Å²) in [6.45, 7) is 7.24. The number of ether oxygens (including phenoxy) is 2. The SMILES string of the molecule is C=C(N)C(=O)OC(CCC)CC(=O)OCC. The van der Waals surface area contributed by atoms with Crippen molar-refractivity contribution in [2.75, 3.05) is 6.61 Å². The number of hydrogen-bond acceptors (Lipinski definition) is 5. The molecule has 0 fully saturated rings. The quantitative estimate of drug-likeness (QED) is 0.523. The number of hydrogen-bond donors (Lipinski definition) is 1. The molecule has 92 valence electrons. The number of nitrogens with two attached hydrogens (primary N) is 1. The average Bonchev–Trinajstić information content (AvgIpc) is 2.17. The maximum atomic E-state index is 11.2. The summed E-state index contributed by atoms with van der Waals surface area (Å²) in [5.41, 5.74) is 5.02. The molecule has 0 rings (SSSR count). The lowest BCUT2D eigenvalue weighted by Crippen LogP contribution is -2.25. The number of rotatable bonds is 7. The van der Waals surface area contributed by atoms with Crippen LogP contribution < -0.4 is 5.73 Å². The van der Waals surface area contributed by atoms with Gasteiger partial charge in [0, 0.05) is 0 Å². The molecule has 0 aliphatic rings. The number of esters is 2. The highest BCUT2D eigenvalue weighted by atomic mass is 16.6. The van der Waals surface area contributed by atoms with E-state index in [1.165, 1.54) is 0 Å². The molecule has 0 spiro atoms. The van der Waals surface area contributed by atoms with Crippen LogP contribution in [0.2, 0.25) is 0 Å². The van der Waals surface area contributed by atoms with E-state index in [0.29, 0.717) is 13.0 Å². The zero-order valence-electron chi connectivity index (χ0n) is 9.82. The highest BCUT2D eigenvalue weighted by Gasteiger charge is 2.18. The van der Waals surface area contributed by atoms with Gasteiger partial charge in [0.1, 0.15) is 11.8 Å². The Balaban J connectivity index is 4.21. The van der Waals surface area contributed by atoms with Crippen molar-refractivity contribution >= 4 is 11.9 Å². The van der Waals surface area contributed by atoms with Crippen molar-refractivity contribution in [2.45, 2.75) is 39.2 Å². The molecule has 0 heterocycles. The van der Waals surface area contributed by atoms with Gasteiger partial charge in [-0.1, -0.05) is 19.9 Å². The minimum absolute atomic E-state index is 0.0562. The zero-order valence-corrected chi connectivity index (χ0v) is 9.82. The second-order valence-electron chi connectivity index (χ2n) is 3.35. The third-order valence-corrected chi connectivity index (χ3v) is 1.85. The lowest BCUT2D eigenvalue weighted by molar-refractivity contribution is -0.152. The first kappa shape index (κ1) is 14.5. The van der Waals surface area contributed by atoms with E-state index in [1.54, 1.807) is 6.92 Å². The van der Waals surface area contributed by atoms with Crippen molar-refractivity contribution in [3.05, 3.63) is 12.3 Å². The zero-order chi connectivity index (χ0) is 12.6. The van der Waals surface area contributed by atoms with Crippen LogP contribution in [0.4, 0.5) is 0 Å². The Morgan fingerprint density at radius 2 is 2.00 bits per heavy atom. The summed E-state index contributed by atoms with van der Waals surface area (Å²) in [4.78, 5) is 22.4. The average molecular weight is 229 g/mol. The molecule has 16 heavy (non-hydrogen) atoms. The van der Waals surface area contributed by atoms with Gasteiger partial charge in [-0.3, -0.25) is 4.79 Å². The molecule has 0 aliphatic heterocycles. The molecule has 0 saturated heterocycles. The first-order valence-corrected chi connectivity index (χ1v) is 5.32. The molecule has 5 nitrogen and oxygen atoms in total. The molecule has 0 aromatic carbocycles. The molecule has 0 aromatic heterocycles. The van der Waals surface area contributed by atoms with Gasteiger partial charge in [0.2, 0.25) is 0 Å². The molecule has 0 aliphatic carbocycles. The molecule has 1 unspecified atom stereocenters. The molecule has 2 N–H and O–H groups in total. The molecular weight excluding hydrogens is 210 g/mol. The third-order valence-electron chi connectivity index (χ3n) is 1.85. The standard InChI is InChI=1S/C11H19NO4/c1-4-6-9(7-10(13)15-5-2)16-11(14)8(3)12/h9H,3-7,12H2,1-2H3. The van der Waals surface area contributed by atoms with E-state index in [2.05, 4.69) is 6.58 Å². The highest BCUT2D eigenvalue weighted by Crippen LogP contribution is 2.09. The Hall–Kier alpha value is -1.52. The number of carbonyl (C=O) groups is 2. The maximum Gasteiger partial charge on any atom is 0.353 e. The van der Waals surface area contributed by atoms with Gasteiger partial charge in [-0.25, -0.2) is 4.79 Å². The predicted molar refractivity (Wildman–Crippen MR) is 59.4 cm³/mol. The Kier molecular flexibility index (Phi) is 7.00. The lowest BCUT2D eigenvalue weighted by atomic mass is 10.1. The number of carbonyl (C=O) groups excluding carboxylic acids is 2. The van der Waals surface area contributed by atoms with Crippen molar-refractivity contribution in [1.29, 1.82) is 0 Å². The summed E-state index contributed by atoms with van der Waals surface area (Å²) >= 11 is 0. The smallest absolute Gasteiger partial charge is 0.353 e. The molecule has 0 aromatic rings. The topological polar surface area (TPSA) is 78.6 Å². The van der Waals surface area contributed by atoms with Crippen LogP contribution in [0.15, 0.2) is 12.3 Å². The third kappa shape index (κ3) is 6.06. The second kappa shape index (κ2) is 7.73. The van der Waals surface area contributed by atoms with E-state index in [1.807, 2.05) is 6.92 Å². The maximum absolute atomic E-state index is 11.2. The highest BCUT2D eigenvalue weighted by molar-refractivity contribution is 5.86. The largest absolute Gasteiger partial charge is 0.466 e. The Labute approximate surface area is 95.6 Å². The van der Waals surface area contributed by atoms with E-state index in [4.69, 9.17) is 15.2 Å². The van der Waals surface area contributed by atoms with Gasteiger partial charge in [0.15, 0.2) is 0 Å². The van der Waals surface area contributed by atoms with Crippen molar-refractivity contribution < 1.29 is 19.1 Å². The van der Waals surface area contributed by atoms with Crippen LogP contribution >= 0.6 is 0 Å². The Morgan fingerprint density at radius 3 is 2.44 bits per heavy atom. The summed E-state index contributed by atoms with van der Waals surface area (Å²) in [5, 5.41) is 0. The normalized spacial score (nSPS) is 11.6. The Bertz CT molecular complexity index is 263. The first-order valence-electron chi connectivity index (χ1n) is 5.32. The van der Waals surface area contributed by atoms with Gasteiger partial charge >= 0.3 is 11.9 Å². The Morgan fingerprint density at radius 1 is 1.38 bits per heavy atom. The van der Waals surface area contributed by atoms with Crippen LogP contribution in [0, 0.1) is 0 Å². The van der Waals surface area contributed by atoms with Crippen molar-refractivity contribution in [3.8, 4) is 0 Å². The van der Waals surface area contributed by atoms with Gasteiger partial charge in [-0.15, -0.1) is 0 Å². The van der Waals surface area contributed by atoms with Gasteiger partial charge in [0.05, 0.1) is 13.0 Å². The fourth-order valence-electron chi connectivity index (χ4n) is 1.16. The van der Waals surface area contributed by atoms with Gasteiger partial charge in [-0.2, -0.15) is 0 Å². The summed E-state index contributed by atoms with van der Waals surface area (Å²) < 4.78 is 9.78. The van der Waals surface area contributed by atoms with Crippen molar-refractivity contribution in [1.82, 2.24) is 0 Å². The van der Waals surface area contributed by atoms with Gasteiger partial charge < -0.3 is 15.2 Å². The lowest BCUT2D eigenvalue weighted by Gasteiger charge is -2.16. The van der Waals surface area contributed by atoms with E-state index < -0.39 is 12.1 Å². The first-order chi connectivity index (χ1) is 7.51. The summed E-state index contributed by atoms with van der Waals surface area (Å²) in [7, 11) is 0. The van der Waals surface area contributed by atoms with Crippen molar-refractivity contribution in [3.63, 3.8) is 0 Å². The summed E-state index contributed by atoms with van der Waals surface area (Å²) in [6.07, 6.45) is 0.962. The molecule has 0 bridgehead atoms. The van der Waals surface area contributed by atoms with Crippen LogP contribution in [0.1, 0.15) is 33.1 Å². The summed E-state index contributed by atoms with van der Waals surface area (Å²) in [6, 6.07) is 0. The minimum atomic E-state index is -0.678. The molecule has 1 atom stereocenters. The fraction of sp³-hybridized carbons (Fsp3) is 0.636. The molecular formula is C11H19NO4. The second-order valence-corrected chi connectivity index (χ2v) is 3.35. The minimum Gasteiger partial charge on any atom is -0.466 e. The molecule has 0 amide bonds. The van der Waals surface area contributed by atoms with Gasteiger partial charge in [-0.05, 0) is 13.3 Å². The fourth-order valence-corrected chi connectivity index (χ4v) is 1.16. The molecule has 5 heteroatoms. The van der Waals surface area contributed by atoms with E-state index in [-0.39, 0.29) is 18.1 Å². The summed E-state index contributed by atoms with van der Waals surface area (Å²) in [5.74, 6) is -1.06. The van der Waals surface area contributed by atoms with E-state index >= 15 is 0 Å². The van der Waals surface area contributed by atoms with Crippen LogP contribution in [0.25, 0.3) is 0 Å². The van der Waals surface area contributed by atoms with E-state index in [0.717, 1.165) is 6.42 Å². The van der Waals surface area contributed by atoms with Crippen molar-refractivity contribution in [2.24, 2.45) is 5.73 Å². The van der Waals surface area contributed by atoms with Crippen LogP contribution in [0.5, 0.6) is 0 Å². The molecule has 0 saturated carbocycles. The monoisotopic (exact) mass is 229 g/mol. The predicted octanol–water partition coefficient (Wildman–Crippen LogP) is 1.12. The van der Waals surface area contributed by atoms with Crippen LogP contribution in [0.3, 0.4) is 0 Å². The van der Waals surface area contributed by atoms with Gasteiger partial charge in [0.25, 0.3) is 0 Å². The van der Waals surface area contributed by atoms with E-state index in [9.17, 15) is 9.59 Å². The van der Waals surface area contributed by atoms with Crippen LogP contribution in [-0.4, -0.2) is 24.6 Å².